The Balaban J connectivity index is 1.43. The minimum Gasteiger partial charge on any atom is -0.0654 e. The fraction of sp³-hybridized carbons (Fsp3) is 0.800. The Morgan fingerprint density at radius 1 is 0.700 bits per heavy atom. The molecule has 0 heteroatoms. The van der Waals surface area contributed by atoms with Crippen molar-refractivity contribution in [2.24, 2.45) is 29.6 Å². The number of benzene rings is 1. The van der Waals surface area contributed by atoms with Crippen LogP contribution < -0.4 is 0 Å². The first-order valence-electron chi connectivity index (χ1n) is 13.7. The molecule has 2 aliphatic rings. The Bertz CT molecular complexity index is 569. The zero-order valence-corrected chi connectivity index (χ0v) is 20.7. The van der Waals surface area contributed by atoms with E-state index in [1.807, 2.05) is 0 Å². The summed E-state index contributed by atoms with van der Waals surface area (Å²) in [7, 11) is 0. The molecular weight excluding hydrogens is 360 g/mol. The molecule has 0 N–H and O–H groups in total. The maximum absolute atomic E-state index is 2.61. The van der Waals surface area contributed by atoms with E-state index in [4.69, 9.17) is 0 Å². The third kappa shape index (κ3) is 6.61. The summed E-state index contributed by atoms with van der Waals surface area (Å²) in [6, 6.07) is 9.65. The Kier molecular flexibility index (Phi) is 9.79. The number of hydrogen-bond donors (Lipinski definition) is 0. The topological polar surface area (TPSA) is 0 Å². The lowest BCUT2D eigenvalue weighted by Crippen LogP contribution is -2.29. The molecule has 2 atom stereocenters. The lowest BCUT2D eigenvalue weighted by Gasteiger charge is -2.40. The fourth-order valence-corrected chi connectivity index (χ4v) is 6.69. The van der Waals surface area contributed by atoms with Crippen LogP contribution in [0.15, 0.2) is 24.3 Å². The maximum Gasteiger partial charge on any atom is -0.0162 e. The van der Waals surface area contributed by atoms with E-state index in [1.54, 1.807) is 5.56 Å². The summed E-state index contributed by atoms with van der Waals surface area (Å²) < 4.78 is 0. The van der Waals surface area contributed by atoms with Crippen LogP contribution in [0.2, 0.25) is 0 Å². The standard InChI is InChI=1S/C30H50/c1-5-7-9-25-11-15-27(16-12-25)23(3)29-19-21-30(22-20-29)24(4)28-17-13-26(14-18-28)10-8-6-2/h11-12,15-16,23-24,26,28-30H,5-10,13-14,17-22H2,1-4H3. The molecule has 0 saturated heterocycles. The molecule has 0 aliphatic heterocycles. The molecule has 0 aromatic heterocycles. The summed E-state index contributed by atoms with van der Waals surface area (Å²) in [5.74, 6) is 5.68. The first-order valence-corrected chi connectivity index (χ1v) is 13.7. The van der Waals surface area contributed by atoms with E-state index in [2.05, 4.69) is 52.0 Å². The molecule has 2 fully saturated rings. The number of aryl methyl sites for hydroxylation is 1. The zero-order valence-electron chi connectivity index (χ0n) is 20.7. The molecule has 2 saturated carbocycles. The van der Waals surface area contributed by atoms with E-state index in [9.17, 15) is 0 Å². The average Bonchev–Trinajstić information content (AvgIpc) is 2.81. The molecule has 0 amide bonds. The summed E-state index contributed by atoms with van der Waals surface area (Å²) in [6.45, 7) is 9.73. The van der Waals surface area contributed by atoms with Gasteiger partial charge in [0.1, 0.15) is 0 Å². The summed E-state index contributed by atoms with van der Waals surface area (Å²) in [6.07, 6.45) is 20.2. The Morgan fingerprint density at radius 2 is 1.23 bits per heavy atom. The Labute approximate surface area is 188 Å². The van der Waals surface area contributed by atoms with Crippen molar-refractivity contribution in [2.45, 2.75) is 124 Å². The predicted octanol–water partition coefficient (Wildman–Crippen LogP) is 9.57. The SMILES string of the molecule is CCCCc1ccc(C(C)C2CCC(C(C)C3CCC(CCCC)CC3)CC2)cc1. The summed E-state index contributed by atoms with van der Waals surface area (Å²) in [4.78, 5) is 0. The van der Waals surface area contributed by atoms with Gasteiger partial charge in [-0.15, -0.1) is 0 Å². The van der Waals surface area contributed by atoms with Gasteiger partial charge in [0, 0.05) is 0 Å². The van der Waals surface area contributed by atoms with Crippen LogP contribution in [-0.2, 0) is 6.42 Å². The Hall–Kier alpha value is -0.780. The van der Waals surface area contributed by atoms with E-state index < -0.39 is 0 Å². The molecule has 0 radical (unpaired) electrons. The van der Waals surface area contributed by atoms with Gasteiger partial charge < -0.3 is 0 Å². The van der Waals surface area contributed by atoms with Crippen molar-refractivity contribution in [1.29, 1.82) is 0 Å². The van der Waals surface area contributed by atoms with Crippen molar-refractivity contribution < 1.29 is 0 Å². The first kappa shape index (κ1) is 23.9. The van der Waals surface area contributed by atoms with Gasteiger partial charge in [-0.25, -0.2) is 0 Å². The molecule has 170 valence electrons. The molecule has 0 heterocycles. The van der Waals surface area contributed by atoms with Crippen molar-refractivity contribution >= 4 is 0 Å². The maximum atomic E-state index is 2.61. The van der Waals surface area contributed by atoms with E-state index in [1.165, 1.54) is 95.5 Å². The van der Waals surface area contributed by atoms with E-state index >= 15 is 0 Å². The molecular formula is C30H50. The summed E-state index contributed by atoms with van der Waals surface area (Å²) in [5, 5.41) is 0. The number of unbranched alkanes of at least 4 members (excludes halogenated alkanes) is 2. The molecule has 30 heavy (non-hydrogen) atoms. The highest BCUT2D eigenvalue weighted by atomic mass is 14.4. The van der Waals surface area contributed by atoms with Crippen LogP contribution in [0, 0.1) is 29.6 Å². The Morgan fingerprint density at radius 3 is 1.80 bits per heavy atom. The van der Waals surface area contributed by atoms with Crippen molar-refractivity contribution in [2.75, 3.05) is 0 Å². The minimum atomic E-state index is 0.732. The van der Waals surface area contributed by atoms with Crippen LogP contribution in [0.3, 0.4) is 0 Å². The number of rotatable bonds is 10. The van der Waals surface area contributed by atoms with Crippen LogP contribution in [0.4, 0.5) is 0 Å². The van der Waals surface area contributed by atoms with Gasteiger partial charge in [0.25, 0.3) is 0 Å². The van der Waals surface area contributed by atoms with Crippen LogP contribution in [0.25, 0.3) is 0 Å². The van der Waals surface area contributed by atoms with Gasteiger partial charge in [-0.2, -0.15) is 0 Å². The molecule has 0 bridgehead atoms. The van der Waals surface area contributed by atoms with Crippen molar-refractivity contribution in [3.8, 4) is 0 Å². The highest BCUT2D eigenvalue weighted by Crippen LogP contribution is 2.45. The van der Waals surface area contributed by atoms with Gasteiger partial charge in [-0.3, -0.25) is 0 Å². The molecule has 0 spiro atoms. The normalized spacial score (nSPS) is 29.5. The van der Waals surface area contributed by atoms with Gasteiger partial charge in [0.05, 0.1) is 0 Å². The average molecular weight is 411 g/mol. The van der Waals surface area contributed by atoms with Gasteiger partial charge in [-0.05, 0) is 98.0 Å². The van der Waals surface area contributed by atoms with Crippen LogP contribution in [-0.4, -0.2) is 0 Å². The third-order valence-corrected chi connectivity index (χ3v) is 9.19. The second-order valence-electron chi connectivity index (χ2n) is 11.1. The van der Waals surface area contributed by atoms with Crippen molar-refractivity contribution in [3.63, 3.8) is 0 Å². The molecule has 1 aromatic rings. The monoisotopic (exact) mass is 410 g/mol. The van der Waals surface area contributed by atoms with Crippen LogP contribution in [0.5, 0.6) is 0 Å². The van der Waals surface area contributed by atoms with Crippen LogP contribution >= 0.6 is 0 Å². The lowest BCUT2D eigenvalue weighted by molar-refractivity contribution is 0.118. The fourth-order valence-electron chi connectivity index (χ4n) is 6.69. The summed E-state index contributed by atoms with van der Waals surface area (Å²) in [5.41, 5.74) is 3.10. The minimum absolute atomic E-state index is 0.732. The van der Waals surface area contributed by atoms with Crippen molar-refractivity contribution in [3.05, 3.63) is 35.4 Å². The van der Waals surface area contributed by atoms with Gasteiger partial charge in [-0.1, -0.05) is 90.5 Å². The zero-order chi connectivity index (χ0) is 21.3. The van der Waals surface area contributed by atoms with Crippen LogP contribution in [0.1, 0.15) is 128 Å². The number of hydrogen-bond acceptors (Lipinski definition) is 0. The second-order valence-corrected chi connectivity index (χ2v) is 11.1. The van der Waals surface area contributed by atoms with E-state index in [0.29, 0.717) is 0 Å². The highest BCUT2D eigenvalue weighted by Gasteiger charge is 2.33. The van der Waals surface area contributed by atoms with E-state index in [-0.39, 0.29) is 0 Å². The van der Waals surface area contributed by atoms with Crippen molar-refractivity contribution in [1.82, 2.24) is 0 Å². The smallest absolute Gasteiger partial charge is 0.0162 e. The molecule has 3 rings (SSSR count). The largest absolute Gasteiger partial charge is 0.0654 e. The first-order chi connectivity index (χ1) is 14.6. The quantitative estimate of drug-likeness (QED) is 0.360. The molecule has 0 nitrogen and oxygen atoms in total. The van der Waals surface area contributed by atoms with E-state index in [0.717, 1.165) is 35.5 Å². The predicted molar refractivity (Wildman–Crippen MR) is 133 cm³/mol. The van der Waals surface area contributed by atoms with Gasteiger partial charge >= 0.3 is 0 Å². The lowest BCUT2D eigenvalue weighted by atomic mass is 9.65. The van der Waals surface area contributed by atoms with Gasteiger partial charge in [0.2, 0.25) is 0 Å². The third-order valence-electron chi connectivity index (χ3n) is 9.19. The molecule has 2 aliphatic carbocycles. The summed E-state index contributed by atoms with van der Waals surface area (Å²) >= 11 is 0. The second kappa shape index (κ2) is 12.3. The molecule has 2 unspecified atom stereocenters. The van der Waals surface area contributed by atoms with Gasteiger partial charge in [0.15, 0.2) is 0 Å². The molecule has 1 aromatic carbocycles. The highest BCUT2D eigenvalue weighted by molar-refractivity contribution is 5.25.